The van der Waals surface area contributed by atoms with Crippen LogP contribution in [0.1, 0.15) is 5.56 Å². The second-order valence-electron chi connectivity index (χ2n) is 2.56. The minimum atomic E-state index is -0.761. The van der Waals surface area contributed by atoms with Gasteiger partial charge in [-0.3, -0.25) is 0 Å². The SMILES string of the molecule is Br.Br.NC(CF)=Nc1cccc(CO)c1. The molecule has 0 heterocycles. The number of amidine groups is 1. The fraction of sp³-hybridized carbons (Fsp3) is 0.222. The van der Waals surface area contributed by atoms with Crippen LogP contribution in [0.4, 0.5) is 10.1 Å². The highest BCUT2D eigenvalue weighted by Crippen LogP contribution is 2.13. The predicted octanol–water partition coefficient (Wildman–Crippen LogP) is 2.29. The maximum absolute atomic E-state index is 11.9. The van der Waals surface area contributed by atoms with E-state index in [0.29, 0.717) is 5.69 Å². The van der Waals surface area contributed by atoms with E-state index in [2.05, 4.69) is 4.99 Å². The van der Waals surface area contributed by atoms with Crippen molar-refractivity contribution < 1.29 is 9.50 Å². The van der Waals surface area contributed by atoms with Gasteiger partial charge in [0, 0.05) is 0 Å². The van der Waals surface area contributed by atoms with Crippen molar-refractivity contribution in [3.63, 3.8) is 0 Å². The lowest BCUT2D eigenvalue weighted by atomic mass is 10.2. The first-order valence-corrected chi connectivity index (χ1v) is 3.85. The summed E-state index contributed by atoms with van der Waals surface area (Å²) in [4.78, 5) is 3.79. The van der Waals surface area contributed by atoms with E-state index in [1.165, 1.54) is 0 Å². The number of nitrogens with two attached hydrogens (primary N) is 1. The normalized spacial score (nSPS) is 10.1. The zero-order valence-electron chi connectivity index (χ0n) is 7.89. The predicted molar refractivity (Wildman–Crippen MR) is 70.3 cm³/mol. The molecule has 3 nitrogen and oxygen atoms in total. The molecule has 0 saturated heterocycles. The molecule has 0 bridgehead atoms. The van der Waals surface area contributed by atoms with Gasteiger partial charge in [0.1, 0.15) is 12.5 Å². The Kier molecular flexibility index (Phi) is 9.96. The molecule has 0 aliphatic carbocycles. The van der Waals surface area contributed by atoms with Gasteiger partial charge in [0.25, 0.3) is 0 Å². The highest BCUT2D eigenvalue weighted by atomic mass is 79.9. The van der Waals surface area contributed by atoms with Gasteiger partial charge in [-0.1, -0.05) is 12.1 Å². The molecule has 0 saturated carbocycles. The lowest BCUT2D eigenvalue weighted by molar-refractivity contribution is 0.282. The van der Waals surface area contributed by atoms with Gasteiger partial charge >= 0.3 is 0 Å². The number of alkyl halides is 1. The molecule has 0 radical (unpaired) electrons. The summed E-state index contributed by atoms with van der Waals surface area (Å²) in [5.41, 5.74) is 6.50. The van der Waals surface area contributed by atoms with Crippen molar-refractivity contribution in [3.05, 3.63) is 29.8 Å². The summed E-state index contributed by atoms with van der Waals surface area (Å²) in [5, 5.41) is 8.80. The van der Waals surface area contributed by atoms with Crippen LogP contribution >= 0.6 is 34.0 Å². The smallest absolute Gasteiger partial charge is 0.147 e. The molecule has 1 aromatic rings. The zero-order chi connectivity index (χ0) is 9.68. The zero-order valence-corrected chi connectivity index (χ0v) is 11.3. The molecule has 0 aromatic heterocycles. The molecule has 0 aliphatic heterocycles. The Morgan fingerprint density at radius 3 is 2.60 bits per heavy atom. The highest BCUT2D eigenvalue weighted by Gasteiger charge is 1.94. The number of nitrogens with zero attached hydrogens (tertiary/aromatic N) is 1. The van der Waals surface area contributed by atoms with Crippen molar-refractivity contribution >= 4 is 45.5 Å². The molecule has 0 aliphatic rings. The summed E-state index contributed by atoms with van der Waals surface area (Å²) in [6.45, 7) is -0.817. The molecule has 1 aromatic carbocycles. The van der Waals surface area contributed by atoms with Gasteiger partial charge in [-0.25, -0.2) is 9.38 Å². The monoisotopic (exact) mass is 342 g/mol. The Labute approximate surface area is 109 Å². The Hall–Kier alpha value is -0.460. The second kappa shape index (κ2) is 8.82. The average molecular weight is 344 g/mol. The molecule has 3 N–H and O–H groups in total. The van der Waals surface area contributed by atoms with Gasteiger partial charge in [-0.05, 0) is 17.7 Å². The number of benzene rings is 1. The van der Waals surface area contributed by atoms with Crippen molar-refractivity contribution in [3.8, 4) is 0 Å². The van der Waals surface area contributed by atoms with Crippen LogP contribution in [0.15, 0.2) is 29.3 Å². The Balaban J connectivity index is 0. The molecule has 0 atom stereocenters. The van der Waals surface area contributed by atoms with Crippen molar-refractivity contribution in [1.29, 1.82) is 0 Å². The lowest BCUT2D eigenvalue weighted by Crippen LogP contribution is -2.12. The van der Waals surface area contributed by atoms with Crippen molar-refractivity contribution in [1.82, 2.24) is 0 Å². The van der Waals surface area contributed by atoms with Crippen molar-refractivity contribution in [2.75, 3.05) is 6.67 Å². The Bertz CT molecular complexity index is 321. The van der Waals surface area contributed by atoms with Crippen molar-refractivity contribution in [2.45, 2.75) is 6.61 Å². The maximum atomic E-state index is 11.9. The van der Waals surface area contributed by atoms with Crippen LogP contribution in [0, 0.1) is 0 Å². The van der Waals surface area contributed by atoms with Crippen LogP contribution in [-0.4, -0.2) is 17.6 Å². The largest absolute Gasteiger partial charge is 0.392 e. The van der Waals surface area contributed by atoms with E-state index in [9.17, 15) is 4.39 Å². The van der Waals surface area contributed by atoms with E-state index in [1.807, 2.05) is 0 Å². The maximum Gasteiger partial charge on any atom is 0.147 e. The first-order valence-electron chi connectivity index (χ1n) is 3.85. The molecular weight excluding hydrogens is 331 g/mol. The van der Waals surface area contributed by atoms with Gasteiger partial charge in [0.15, 0.2) is 0 Å². The topological polar surface area (TPSA) is 58.6 Å². The second-order valence-corrected chi connectivity index (χ2v) is 2.56. The van der Waals surface area contributed by atoms with Gasteiger partial charge in [-0.15, -0.1) is 34.0 Å². The van der Waals surface area contributed by atoms with Crippen LogP contribution in [0.25, 0.3) is 0 Å². The van der Waals surface area contributed by atoms with Crippen molar-refractivity contribution in [2.24, 2.45) is 10.7 Å². The third kappa shape index (κ3) is 5.86. The molecule has 0 fully saturated rings. The van der Waals surface area contributed by atoms with Gasteiger partial charge < -0.3 is 10.8 Å². The summed E-state index contributed by atoms with van der Waals surface area (Å²) in [5.74, 6) is -0.0601. The van der Waals surface area contributed by atoms with Crippen LogP contribution in [0.3, 0.4) is 0 Å². The summed E-state index contributed by atoms with van der Waals surface area (Å²) in [7, 11) is 0. The summed E-state index contributed by atoms with van der Waals surface area (Å²) >= 11 is 0. The quantitative estimate of drug-likeness (QED) is 0.653. The van der Waals surface area contributed by atoms with Gasteiger partial charge in [0.05, 0.1) is 12.3 Å². The van der Waals surface area contributed by atoms with Crippen LogP contribution in [0.2, 0.25) is 0 Å². The molecule has 15 heavy (non-hydrogen) atoms. The van der Waals surface area contributed by atoms with E-state index in [4.69, 9.17) is 10.8 Å². The van der Waals surface area contributed by atoms with Gasteiger partial charge in [-0.2, -0.15) is 0 Å². The molecule has 0 unspecified atom stereocenters. The Morgan fingerprint density at radius 2 is 2.07 bits per heavy atom. The first-order chi connectivity index (χ1) is 6.26. The summed E-state index contributed by atoms with van der Waals surface area (Å²) < 4.78 is 11.9. The number of aliphatic hydroxyl groups is 1. The first kappa shape index (κ1) is 17.0. The minimum Gasteiger partial charge on any atom is -0.392 e. The summed E-state index contributed by atoms with van der Waals surface area (Å²) in [6.07, 6.45) is 0. The number of aliphatic imine (C=N–C) groups is 1. The number of halogens is 3. The average Bonchev–Trinajstić information content (AvgIpc) is 2.18. The number of hydrogen-bond acceptors (Lipinski definition) is 2. The number of rotatable bonds is 3. The summed E-state index contributed by atoms with van der Waals surface area (Å²) in [6, 6.07) is 6.84. The molecular formula is C9H13Br2FN2O. The van der Waals surface area contributed by atoms with E-state index >= 15 is 0 Å². The fourth-order valence-corrected chi connectivity index (χ4v) is 0.920. The van der Waals surface area contributed by atoms with Crippen LogP contribution in [-0.2, 0) is 6.61 Å². The molecule has 0 spiro atoms. The molecule has 0 amide bonds. The van der Waals surface area contributed by atoms with E-state index in [-0.39, 0.29) is 46.4 Å². The standard InChI is InChI=1S/C9H11FN2O.2BrH/c10-5-9(11)12-8-3-1-2-7(4-8)6-13;;/h1-4,13H,5-6H2,(H2,11,12);2*1H. The highest BCUT2D eigenvalue weighted by molar-refractivity contribution is 8.93. The molecule has 6 heteroatoms. The van der Waals surface area contributed by atoms with E-state index in [0.717, 1.165) is 5.56 Å². The van der Waals surface area contributed by atoms with Crippen LogP contribution in [0.5, 0.6) is 0 Å². The van der Waals surface area contributed by atoms with E-state index in [1.54, 1.807) is 24.3 Å². The third-order valence-corrected chi connectivity index (χ3v) is 1.50. The number of hydrogen-bond donors (Lipinski definition) is 2. The van der Waals surface area contributed by atoms with E-state index < -0.39 is 6.67 Å². The van der Waals surface area contributed by atoms with Gasteiger partial charge in [0.2, 0.25) is 0 Å². The number of aliphatic hydroxyl groups excluding tert-OH is 1. The lowest BCUT2D eigenvalue weighted by Gasteiger charge is -1.98. The van der Waals surface area contributed by atoms with Crippen LogP contribution < -0.4 is 5.73 Å². The third-order valence-electron chi connectivity index (χ3n) is 1.50. The Morgan fingerprint density at radius 1 is 1.40 bits per heavy atom. The fourth-order valence-electron chi connectivity index (χ4n) is 0.920. The molecule has 86 valence electrons. The minimum absolute atomic E-state index is 0. The molecule has 1 rings (SSSR count).